The Hall–Kier alpha value is -2.38. The number of phenols is 1. The second-order valence-corrected chi connectivity index (χ2v) is 8.61. The van der Waals surface area contributed by atoms with Gasteiger partial charge in [-0.05, 0) is 24.3 Å². The number of ether oxygens (including phenoxy) is 1. The summed E-state index contributed by atoms with van der Waals surface area (Å²) in [5, 5.41) is 15.5. The van der Waals surface area contributed by atoms with E-state index in [1.165, 1.54) is 30.1 Å². The van der Waals surface area contributed by atoms with Gasteiger partial charge < -0.3 is 9.84 Å². The molecule has 0 atom stereocenters. The van der Waals surface area contributed by atoms with Crippen LogP contribution in [0.4, 0.5) is 0 Å². The van der Waals surface area contributed by atoms with Crippen molar-refractivity contribution >= 4 is 44.6 Å². The molecule has 0 radical (unpaired) electrons. The van der Waals surface area contributed by atoms with Crippen LogP contribution in [0.1, 0.15) is 32.2 Å². The van der Waals surface area contributed by atoms with Crippen LogP contribution in [-0.2, 0) is 5.41 Å². The zero-order valence-electron chi connectivity index (χ0n) is 15.8. The number of phenolic OH excluding ortho intramolecular Hbond substituents is 1. The van der Waals surface area contributed by atoms with Crippen LogP contribution in [0.2, 0.25) is 5.02 Å². The van der Waals surface area contributed by atoms with Crippen LogP contribution in [0.15, 0.2) is 44.7 Å². The molecule has 2 aromatic carbocycles. The number of fused-ring (bicyclic) bond motifs is 1. The average molecular weight is 465 g/mol. The first-order chi connectivity index (χ1) is 13.1. The van der Waals surface area contributed by atoms with Crippen molar-refractivity contribution in [2.45, 2.75) is 26.2 Å². The molecular formula is C20H19BrClN3O3. The summed E-state index contributed by atoms with van der Waals surface area (Å²) in [6, 6.07) is 8.37. The fourth-order valence-electron chi connectivity index (χ4n) is 2.71. The second-order valence-electron chi connectivity index (χ2n) is 7.25. The summed E-state index contributed by atoms with van der Waals surface area (Å²) in [7, 11) is 1.43. The fraction of sp³-hybridized carbons (Fsp3) is 0.250. The molecule has 1 heterocycles. The molecule has 1 aromatic heterocycles. The molecule has 0 bridgehead atoms. The number of aromatic nitrogens is 2. The minimum absolute atomic E-state index is 0.113. The first kappa shape index (κ1) is 20.4. The lowest BCUT2D eigenvalue weighted by molar-refractivity contribution is 0.373. The minimum atomic E-state index is -0.439. The molecule has 0 saturated heterocycles. The van der Waals surface area contributed by atoms with Gasteiger partial charge in [-0.2, -0.15) is 9.78 Å². The summed E-state index contributed by atoms with van der Waals surface area (Å²) >= 11 is 9.46. The maximum absolute atomic E-state index is 13.1. The molecule has 28 heavy (non-hydrogen) atoms. The van der Waals surface area contributed by atoms with E-state index in [4.69, 9.17) is 16.3 Å². The minimum Gasteiger partial charge on any atom is -0.504 e. The lowest BCUT2D eigenvalue weighted by atomic mass is 9.95. The summed E-state index contributed by atoms with van der Waals surface area (Å²) in [6.45, 7) is 5.85. The monoisotopic (exact) mass is 463 g/mol. The Balaban J connectivity index is 2.25. The van der Waals surface area contributed by atoms with E-state index in [0.717, 1.165) is 4.47 Å². The van der Waals surface area contributed by atoms with Crippen molar-refractivity contribution in [1.82, 2.24) is 9.66 Å². The Morgan fingerprint density at radius 1 is 1.29 bits per heavy atom. The van der Waals surface area contributed by atoms with Crippen LogP contribution in [0.5, 0.6) is 11.5 Å². The Bertz CT molecular complexity index is 1150. The van der Waals surface area contributed by atoms with Crippen molar-refractivity contribution in [3.8, 4) is 11.5 Å². The van der Waals surface area contributed by atoms with E-state index < -0.39 is 5.41 Å². The zero-order valence-corrected chi connectivity index (χ0v) is 18.2. The normalized spacial score (nSPS) is 12.1. The smallest absolute Gasteiger partial charge is 0.282 e. The molecule has 0 aliphatic heterocycles. The van der Waals surface area contributed by atoms with Gasteiger partial charge in [-0.3, -0.25) is 4.79 Å². The van der Waals surface area contributed by atoms with Gasteiger partial charge in [-0.1, -0.05) is 48.3 Å². The highest BCUT2D eigenvalue weighted by molar-refractivity contribution is 9.10. The maximum atomic E-state index is 13.1. The van der Waals surface area contributed by atoms with E-state index >= 15 is 0 Å². The molecule has 0 aliphatic rings. The zero-order chi connectivity index (χ0) is 20.6. The van der Waals surface area contributed by atoms with Gasteiger partial charge in [0.15, 0.2) is 11.5 Å². The largest absolute Gasteiger partial charge is 0.504 e. The van der Waals surface area contributed by atoms with Crippen LogP contribution in [0, 0.1) is 0 Å². The second kappa shape index (κ2) is 7.56. The van der Waals surface area contributed by atoms with Crippen molar-refractivity contribution in [1.29, 1.82) is 0 Å². The van der Waals surface area contributed by atoms with Crippen LogP contribution < -0.4 is 10.3 Å². The third-order valence-corrected chi connectivity index (χ3v) is 4.79. The van der Waals surface area contributed by atoms with E-state index in [-0.39, 0.29) is 17.1 Å². The van der Waals surface area contributed by atoms with Crippen molar-refractivity contribution in [2.24, 2.45) is 5.10 Å². The van der Waals surface area contributed by atoms with Gasteiger partial charge in [0.2, 0.25) is 0 Å². The first-order valence-corrected chi connectivity index (χ1v) is 9.62. The van der Waals surface area contributed by atoms with E-state index in [2.05, 4.69) is 26.0 Å². The Morgan fingerprint density at radius 3 is 2.64 bits per heavy atom. The molecule has 1 N–H and O–H groups in total. The Morgan fingerprint density at radius 2 is 2.00 bits per heavy atom. The third kappa shape index (κ3) is 3.91. The molecule has 6 nitrogen and oxygen atoms in total. The highest BCUT2D eigenvalue weighted by Crippen LogP contribution is 2.32. The van der Waals surface area contributed by atoms with E-state index in [9.17, 15) is 9.90 Å². The molecule has 0 aliphatic carbocycles. The van der Waals surface area contributed by atoms with E-state index in [1.54, 1.807) is 12.1 Å². The van der Waals surface area contributed by atoms with Crippen LogP contribution >= 0.6 is 27.5 Å². The van der Waals surface area contributed by atoms with Crippen molar-refractivity contribution in [3.05, 3.63) is 61.6 Å². The van der Waals surface area contributed by atoms with E-state index in [0.29, 0.717) is 27.3 Å². The number of hydrogen-bond acceptors (Lipinski definition) is 5. The fourth-order valence-corrected chi connectivity index (χ4v) is 3.29. The maximum Gasteiger partial charge on any atom is 0.282 e. The highest BCUT2D eigenvalue weighted by atomic mass is 79.9. The standard InChI is InChI=1S/C20H19BrClN3O3/c1-20(2,3)19-24-15-6-5-12(21)8-14(15)18(27)25(19)23-10-11-7-13(22)9-16(28-4)17(11)26/h5-10,26H,1-4H3. The molecule has 3 rings (SSSR count). The van der Waals surface area contributed by atoms with Gasteiger partial charge in [-0.25, -0.2) is 4.98 Å². The number of rotatable bonds is 3. The number of methoxy groups -OCH3 is 1. The highest BCUT2D eigenvalue weighted by Gasteiger charge is 2.23. The third-order valence-electron chi connectivity index (χ3n) is 4.08. The van der Waals surface area contributed by atoms with Gasteiger partial charge >= 0.3 is 0 Å². The first-order valence-electron chi connectivity index (χ1n) is 8.45. The topological polar surface area (TPSA) is 76.7 Å². The van der Waals surface area contributed by atoms with Crippen molar-refractivity contribution < 1.29 is 9.84 Å². The molecule has 0 amide bonds. The molecular weight excluding hydrogens is 446 g/mol. The number of hydrogen-bond donors (Lipinski definition) is 1. The molecule has 0 spiro atoms. The van der Waals surface area contributed by atoms with Crippen molar-refractivity contribution in [3.63, 3.8) is 0 Å². The van der Waals surface area contributed by atoms with Crippen LogP contribution in [0.25, 0.3) is 10.9 Å². The lowest BCUT2D eigenvalue weighted by Gasteiger charge is -2.21. The number of nitrogens with zero attached hydrogens (tertiary/aromatic N) is 3. The van der Waals surface area contributed by atoms with Gasteiger partial charge in [0.25, 0.3) is 5.56 Å². The summed E-state index contributed by atoms with van der Waals surface area (Å²) in [4.78, 5) is 17.8. The number of aromatic hydroxyl groups is 1. The van der Waals surface area contributed by atoms with Gasteiger partial charge in [-0.15, -0.1) is 0 Å². The number of benzene rings is 2. The summed E-state index contributed by atoms with van der Waals surface area (Å²) < 4.78 is 7.13. The molecule has 3 aromatic rings. The van der Waals surface area contributed by atoms with Crippen LogP contribution in [-0.4, -0.2) is 28.1 Å². The quantitative estimate of drug-likeness (QED) is 0.570. The van der Waals surface area contributed by atoms with Gasteiger partial charge in [0.1, 0.15) is 5.82 Å². The Kier molecular flexibility index (Phi) is 5.50. The molecule has 8 heteroatoms. The predicted octanol–water partition coefficient (Wildman–Crippen LogP) is 4.71. The predicted molar refractivity (Wildman–Crippen MR) is 115 cm³/mol. The molecule has 0 fully saturated rings. The van der Waals surface area contributed by atoms with Crippen molar-refractivity contribution in [2.75, 3.05) is 7.11 Å². The summed E-state index contributed by atoms with van der Waals surface area (Å²) in [5.74, 6) is 0.604. The van der Waals surface area contributed by atoms with Crippen LogP contribution in [0.3, 0.4) is 0 Å². The Labute approximate surface area is 175 Å². The lowest BCUT2D eigenvalue weighted by Crippen LogP contribution is -2.29. The number of halogens is 2. The van der Waals surface area contributed by atoms with Gasteiger partial charge in [0.05, 0.1) is 24.2 Å². The van der Waals surface area contributed by atoms with Gasteiger partial charge in [0, 0.05) is 26.5 Å². The molecule has 146 valence electrons. The molecule has 0 saturated carbocycles. The summed E-state index contributed by atoms with van der Waals surface area (Å²) in [5.41, 5.74) is 0.175. The average Bonchev–Trinajstić information content (AvgIpc) is 2.62. The van der Waals surface area contributed by atoms with E-state index in [1.807, 2.05) is 26.8 Å². The summed E-state index contributed by atoms with van der Waals surface area (Å²) in [6.07, 6.45) is 1.37. The molecule has 0 unspecified atom stereocenters. The SMILES string of the molecule is COc1cc(Cl)cc(C=Nn2c(C(C)(C)C)nc3ccc(Br)cc3c2=O)c1O.